The number of aromatic nitrogens is 4. The number of tetrazole rings is 1. The molecule has 2 aromatic rings. The van der Waals surface area contributed by atoms with Crippen LogP contribution in [0.5, 0.6) is 0 Å². The van der Waals surface area contributed by atoms with Crippen LogP contribution in [0.4, 0.5) is 0 Å². The van der Waals surface area contributed by atoms with Gasteiger partial charge in [-0.25, -0.2) is 0 Å². The predicted octanol–water partition coefficient (Wildman–Crippen LogP) is 1.45. The second kappa shape index (κ2) is 5.14. The van der Waals surface area contributed by atoms with Crippen LogP contribution in [-0.2, 0) is 0 Å². The Balaban J connectivity index is 2.44. The van der Waals surface area contributed by atoms with Gasteiger partial charge in [0.2, 0.25) is 0 Å². The van der Waals surface area contributed by atoms with Crippen LogP contribution in [0.2, 0.25) is 5.02 Å². The molecule has 6 nitrogen and oxygen atoms in total. The minimum absolute atomic E-state index is 0.0508. The minimum atomic E-state index is -0.188. The van der Waals surface area contributed by atoms with Crippen molar-refractivity contribution in [2.45, 2.75) is 19.9 Å². The lowest BCUT2D eigenvalue weighted by atomic mass is 10.1. The molecule has 1 N–H and O–H groups in total. The maximum atomic E-state index is 12.0. The number of rotatable bonds is 3. The highest BCUT2D eigenvalue weighted by molar-refractivity contribution is 6.31. The van der Waals surface area contributed by atoms with E-state index in [1.54, 1.807) is 18.2 Å². The molecule has 0 bridgehead atoms. The van der Waals surface area contributed by atoms with Gasteiger partial charge in [0.25, 0.3) is 5.91 Å². The van der Waals surface area contributed by atoms with Crippen LogP contribution in [-0.4, -0.2) is 32.2 Å². The van der Waals surface area contributed by atoms with Gasteiger partial charge in [0.05, 0.1) is 11.3 Å². The van der Waals surface area contributed by atoms with Crippen molar-refractivity contribution in [1.29, 1.82) is 0 Å². The third-order valence-electron chi connectivity index (χ3n) is 2.22. The molecule has 1 aromatic carbocycles. The van der Waals surface area contributed by atoms with Crippen molar-refractivity contribution in [3.05, 3.63) is 35.1 Å². The van der Waals surface area contributed by atoms with Gasteiger partial charge in [0.15, 0.2) is 0 Å². The Morgan fingerprint density at radius 3 is 2.83 bits per heavy atom. The second-order valence-corrected chi connectivity index (χ2v) is 4.48. The molecule has 0 saturated carbocycles. The van der Waals surface area contributed by atoms with E-state index in [0.717, 1.165) is 0 Å². The Morgan fingerprint density at radius 2 is 2.22 bits per heavy atom. The van der Waals surface area contributed by atoms with Gasteiger partial charge in [-0.3, -0.25) is 4.79 Å². The molecule has 18 heavy (non-hydrogen) atoms. The van der Waals surface area contributed by atoms with E-state index in [1.165, 1.54) is 11.0 Å². The molecule has 0 aliphatic heterocycles. The molecule has 1 aromatic heterocycles. The quantitative estimate of drug-likeness (QED) is 0.912. The van der Waals surface area contributed by atoms with Crippen LogP contribution in [0.25, 0.3) is 5.69 Å². The normalized spacial score (nSPS) is 10.7. The molecule has 0 fully saturated rings. The molecule has 0 saturated heterocycles. The lowest BCUT2D eigenvalue weighted by molar-refractivity contribution is 0.0943. The van der Waals surface area contributed by atoms with Gasteiger partial charge >= 0.3 is 0 Å². The van der Waals surface area contributed by atoms with E-state index in [4.69, 9.17) is 11.6 Å². The summed E-state index contributed by atoms with van der Waals surface area (Å²) in [7, 11) is 0. The summed E-state index contributed by atoms with van der Waals surface area (Å²) in [5, 5.41) is 14.2. The molecule has 0 atom stereocenters. The van der Waals surface area contributed by atoms with Gasteiger partial charge in [0, 0.05) is 11.1 Å². The highest BCUT2D eigenvalue weighted by atomic mass is 35.5. The van der Waals surface area contributed by atoms with E-state index >= 15 is 0 Å². The Morgan fingerprint density at radius 1 is 1.44 bits per heavy atom. The topological polar surface area (TPSA) is 72.7 Å². The fraction of sp³-hybridized carbons (Fsp3) is 0.273. The monoisotopic (exact) mass is 265 g/mol. The van der Waals surface area contributed by atoms with Gasteiger partial charge in [0.1, 0.15) is 6.33 Å². The molecular weight excluding hydrogens is 254 g/mol. The molecule has 0 radical (unpaired) electrons. The standard InChI is InChI=1S/C11H12ClN5O/c1-7(2)14-11(18)9-4-3-8(12)5-10(9)17-6-13-15-16-17/h3-7H,1-2H3,(H,14,18). The van der Waals surface area contributed by atoms with Crippen LogP contribution in [0.3, 0.4) is 0 Å². The summed E-state index contributed by atoms with van der Waals surface area (Å²) in [6, 6.07) is 5.00. The van der Waals surface area contributed by atoms with Gasteiger partial charge in [-0.1, -0.05) is 11.6 Å². The third kappa shape index (κ3) is 2.65. The van der Waals surface area contributed by atoms with Gasteiger partial charge < -0.3 is 5.32 Å². The molecule has 0 spiro atoms. The van der Waals surface area contributed by atoms with E-state index in [2.05, 4.69) is 20.8 Å². The SMILES string of the molecule is CC(C)NC(=O)c1ccc(Cl)cc1-n1cnnn1. The Labute approximate surface area is 109 Å². The van der Waals surface area contributed by atoms with Crippen LogP contribution in [0.1, 0.15) is 24.2 Å². The molecular formula is C11H12ClN5O. The van der Waals surface area contributed by atoms with E-state index in [1.807, 2.05) is 13.8 Å². The molecule has 7 heteroatoms. The summed E-state index contributed by atoms with van der Waals surface area (Å²) in [6.45, 7) is 3.79. The highest BCUT2D eigenvalue weighted by Gasteiger charge is 2.14. The molecule has 0 aliphatic rings. The van der Waals surface area contributed by atoms with Crippen molar-refractivity contribution >= 4 is 17.5 Å². The van der Waals surface area contributed by atoms with Gasteiger partial charge in [-0.05, 0) is 42.5 Å². The second-order valence-electron chi connectivity index (χ2n) is 4.04. The molecule has 94 valence electrons. The van der Waals surface area contributed by atoms with Crippen LogP contribution >= 0.6 is 11.6 Å². The lowest BCUT2D eigenvalue weighted by Crippen LogP contribution is -2.31. The first-order valence-electron chi connectivity index (χ1n) is 5.41. The van der Waals surface area contributed by atoms with Crippen molar-refractivity contribution in [3.8, 4) is 5.69 Å². The maximum absolute atomic E-state index is 12.0. The first kappa shape index (κ1) is 12.5. The predicted molar refractivity (Wildman–Crippen MR) is 66.8 cm³/mol. The number of carbonyl (C=O) groups excluding carboxylic acids is 1. The summed E-state index contributed by atoms with van der Waals surface area (Å²) in [4.78, 5) is 12.0. The van der Waals surface area contributed by atoms with E-state index in [0.29, 0.717) is 16.3 Å². The summed E-state index contributed by atoms with van der Waals surface area (Å²) in [5.74, 6) is -0.188. The maximum Gasteiger partial charge on any atom is 0.253 e. The number of nitrogens with one attached hydrogen (secondary N) is 1. The van der Waals surface area contributed by atoms with Crippen LogP contribution in [0.15, 0.2) is 24.5 Å². The molecule has 0 unspecified atom stereocenters. The number of hydrogen-bond acceptors (Lipinski definition) is 4. The molecule has 0 aliphatic carbocycles. The smallest absolute Gasteiger partial charge is 0.253 e. The largest absolute Gasteiger partial charge is 0.350 e. The van der Waals surface area contributed by atoms with E-state index in [-0.39, 0.29) is 11.9 Å². The average molecular weight is 266 g/mol. The first-order chi connectivity index (χ1) is 8.58. The van der Waals surface area contributed by atoms with Gasteiger partial charge in [-0.15, -0.1) is 5.10 Å². The van der Waals surface area contributed by atoms with E-state index in [9.17, 15) is 4.79 Å². The Kier molecular flexibility index (Phi) is 3.57. The number of carbonyl (C=O) groups is 1. The van der Waals surface area contributed by atoms with Crippen molar-refractivity contribution in [2.24, 2.45) is 0 Å². The summed E-state index contributed by atoms with van der Waals surface area (Å²) in [5.41, 5.74) is 1.02. The Hall–Kier alpha value is -1.95. The third-order valence-corrected chi connectivity index (χ3v) is 2.46. The summed E-state index contributed by atoms with van der Waals surface area (Å²) >= 11 is 5.93. The number of amides is 1. The number of halogens is 1. The summed E-state index contributed by atoms with van der Waals surface area (Å²) in [6.07, 6.45) is 1.41. The van der Waals surface area contributed by atoms with Gasteiger partial charge in [-0.2, -0.15) is 4.68 Å². The first-order valence-corrected chi connectivity index (χ1v) is 5.79. The fourth-order valence-corrected chi connectivity index (χ4v) is 1.66. The molecule has 1 amide bonds. The van der Waals surface area contributed by atoms with Crippen molar-refractivity contribution in [1.82, 2.24) is 25.5 Å². The zero-order chi connectivity index (χ0) is 13.1. The highest BCUT2D eigenvalue weighted by Crippen LogP contribution is 2.19. The van der Waals surface area contributed by atoms with Crippen molar-refractivity contribution in [3.63, 3.8) is 0 Å². The van der Waals surface area contributed by atoms with Crippen LogP contribution in [0, 0.1) is 0 Å². The van der Waals surface area contributed by atoms with E-state index < -0.39 is 0 Å². The van der Waals surface area contributed by atoms with Crippen molar-refractivity contribution in [2.75, 3.05) is 0 Å². The van der Waals surface area contributed by atoms with Crippen LogP contribution < -0.4 is 5.32 Å². The number of benzene rings is 1. The Bertz CT molecular complexity index is 553. The zero-order valence-corrected chi connectivity index (χ0v) is 10.7. The minimum Gasteiger partial charge on any atom is -0.350 e. The fourth-order valence-electron chi connectivity index (χ4n) is 1.50. The molecule has 1 heterocycles. The number of nitrogens with zero attached hydrogens (tertiary/aromatic N) is 4. The summed E-state index contributed by atoms with van der Waals surface area (Å²) < 4.78 is 1.40. The van der Waals surface area contributed by atoms with Crippen molar-refractivity contribution < 1.29 is 4.79 Å². The zero-order valence-electron chi connectivity index (χ0n) is 9.96. The number of hydrogen-bond donors (Lipinski definition) is 1. The average Bonchev–Trinajstić information content (AvgIpc) is 2.80. The molecule has 2 rings (SSSR count). The lowest BCUT2D eigenvalue weighted by Gasteiger charge is -2.11.